The van der Waals surface area contributed by atoms with Crippen molar-refractivity contribution in [2.24, 2.45) is 16.2 Å². The van der Waals surface area contributed by atoms with E-state index in [-0.39, 0.29) is 12.1 Å². The number of aromatic nitrogens is 2. The summed E-state index contributed by atoms with van der Waals surface area (Å²) in [7, 11) is 1.67. The van der Waals surface area contributed by atoms with E-state index >= 15 is 0 Å². The lowest BCUT2D eigenvalue weighted by Gasteiger charge is -2.25. The van der Waals surface area contributed by atoms with Crippen LogP contribution in [0, 0.1) is 6.92 Å². The summed E-state index contributed by atoms with van der Waals surface area (Å²) in [6, 6.07) is -0.344. The molecule has 1 aromatic rings. The molecule has 0 bridgehead atoms. The zero-order valence-electron chi connectivity index (χ0n) is 13.8. The van der Waals surface area contributed by atoms with Crippen LogP contribution >= 0.6 is 0 Å². The molecule has 1 rings (SSSR count). The minimum Gasteiger partial charge on any atom is -0.444 e. The Balaban J connectivity index is 2.65. The quantitative estimate of drug-likeness (QED) is 0.510. The largest absolute Gasteiger partial charge is 0.444 e. The highest BCUT2D eigenvalue weighted by atomic mass is 16.6. The average Bonchev–Trinajstić information content (AvgIpc) is 2.42. The van der Waals surface area contributed by atoms with Crippen LogP contribution in [-0.4, -0.2) is 40.2 Å². The zero-order valence-corrected chi connectivity index (χ0v) is 13.8. The van der Waals surface area contributed by atoms with Crippen molar-refractivity contribution in [3.05, 3.63) is 23.8 Å². The first-order valence-electron chi connectivity index (χ1n) is 7.05. The minimum absolute atomic E-state index is 0.344. The standard InChI is InChI=1S/C14H24N6O2/c1-10-8-17-12(9-16-10)11(18-19-15)6-7-20(5)13(21)22-14(2,3)4/h8-9,11H,6-7H2,1-5H3,(H2,15,18). The molecule has 0 aliphatic heterocycles. The fourth-order valence-corrected chi connectivity index (χ4v) is 1.67. The highest BCUT2D eigenvalue weighted by Crippen LogP contribution is 2.19. The summed E-state index contributed by atoms with van der Waals surface area (Å²) in [5.41, 5.74) is 0.958. The van der Waals surface area contributed by atoms with E-state index in [0.717, 1.165) is 5.69 Å². The molecular weight excluding hydrogens is 284 g/mol. The number of carbonyl (C=O) groups excluding carboxylic acids is 1. The van der Waals surface area contributed by atoms with Gasteiger partial charge in [0.25, 0.3) is 0 Å². The van der Waals surface area contributed by atoms with Crippen LogP contribution in [0.3, 0.4) is 0 Å². The van der Waals surface area contributed by atoms with Gasteiger partial charge < -0.3 is 15.5 Å². The smallest absolute Gasteiger partial charge is 0.410 e. The van der Waals surface area contributed by atoms with Crippen molar-refractivity contribution in [3.63, 3.8) is 0 Å². The van der Waals surface area contributed by atoms with Gasteiger partial charge in [-0.3, -0.25) is 9.97 Å². The molecule has 0 saturated carbocycles. The molecule has 1 unspecified atom stereocenters. The first-order chi connectivity index (χ1) is 10.2. The maximum Gasteiger partial charge on any atom is 0.410 e. The van der Waals surface area contributed by atoms with Crippen LogP contribution in [0.15, 0.2) is 22.7 Å². The van der Waals surface area contributed by atoms with E-state index in [1.165, 1.54) is 4.90 Å². The van der Waals surface area contributed by atoms with Crippen LogP contribution < -0.4 is 5.84 Å². The molecule has 8 nitrogen and oxygen atoms in total. The van der Waals surface area contributed by atoms with Gasteiger partial charge in [0.2, 0.25) is 0 Å². The molecule has 0 radical (unpaired) electrons. The number of nitrogens with two attached hydrogens (primary N) is 1. The van der Waals surface area contributed by atoms with Gasteiger partial charge in [0, 0.05) is 19.8 Å². The molecule has 2 N–H and O–H groups in total. The Labute approximate surface area is 130 Å². The normalized spacial score (nSPS) is 13.1. The van der Waals surface area contributed by atoms with E-state index in [2.05, 4.69) is 20.3 Å². The average molecular weight is 308 g/mol. The van der Waals surface area contributed by atoms with Crippen molar-refractivity contribution >= 4 is 6.09 Å². The number of nitrogens with zero attached hydrogens (tertiary/aromatic N) is 5. The molecule has 22 heavy (non-hydrogen) atoms. The maximum absolute atomic E-state index is 11.9. The third-order valence-corrected chi connectivity index (χ3v) is 2.79. The lowest BCUT2D eigenvalue weighted by molar-refractivity contribution is 0.0294. The SMILES string of the molecule is Cc1cnc(C(CCN(C)C(=O)OC(C)(C)C)N=NN)cn1. The summed E-state index contributed by atoms with van der Waals surface area (Å²) in [5.74, 6) is 5.15. The summed E-state index contributed by atoms with van der Waals surface area (Å²) >= 11 is 0. The van der Waals surface area contributed by atoms with E-state index in [9.17, 15) is 4.79 Å². The molecular formula is C14H24N6O2. The van der Waals surface area contributed by atoms with E-state index in [1.54, 1.807) is 19.4 Å². The molecule has 1 amide bonds. The molecule has 0 saturated heterocycles. The summed E-state index contributed by atoms with van der Waals surface area (Å²) in [6.45, 7) is 7.77. The lowest BCUT2D eigenvalue weighted by Crippen LogP contribution is -2.35. The van der Waals surface area contributed by atoms with Gasteiger partial charge in [-0.25, -0.2) is 4.79 Å². The van der Waals surface area contributed by atoms with Crippen LogP contribution in [0.4, 0.5) is 4.79 Å². The fraction of sp³-hybridized carbons (Fsp3) is 0.643. The molecule has 0 aliphatic rings. The van der Waals surface area contributed by atoms with Crippen molar-refractivity contribution in [3.8, 4) is 0 Å². The molecule has 1 aromatic heterocycles. The van der Waals surface area contributed by atoms with Gasteiger partial charge >= 0.3 is 6.09 Å². The summed E-state index contributed by atoms with van der Waals surface area (Å²) in [5, 5.41) is 7.29. The second kappa shape index (κ2) is 7.67. The molecule has 1 heterocycles. The molecule has 0 spiro atoms. The van der Waals surface area contributed by atoms with Crippen molar-refractivity contribution in [2.75, 3.05) is 13.6 Å². The van der Waals surface area contributed by atoms with Crippen molar-refractivity contribution in [1.82, 2.24) is 14.9 Å². The van der Waals surface area contributed by atoms with Gasteiger partial charge in [0.1, 0.15) is 11.6 Å². The van der Waals surface area contributed by atoms with Crippen LogP contribution in [0.25, 0.3) is 0 Å². The molecule has 1 atom stereocenters. The zero-order chi connectivity index (χ0) is 16.8. The van der Waals surface area contributed by atoms with Crippen molar-refractivity contribution in [1.29, 1.82) is 0 Å². The second-order valence-corrected chi connectivity index (χ2v) is 6.02. The van der Waals surface area contributed by atoms with Gasteiger partial charge in [0.15, 0.2) is 0 Å². The Morgan fingerprint density at radius 1 is 1.41 bits per heavy atom. The lowest BCUT2D eigenvalue weighted by atomic mass is 10.1. The Bertz CT molecular complexity index is 509. The van der Waals surface area contributed by atoms with Crippen LogP contribution in [0.1, 0.15) is 44.6 Å². The molecule has 122 valence electrons. The van der Waals surface area contributed by atoms with E-state index in [0.29, 0.717) is 18.7 Å². The first kappa shape index (κ1) is 17.8. The third-order valence-electron chi connectivity index (χ3n) is 2.79. The predicted octanol–water partition coefficient (Wildman–Crippen LogP) is 2.41. The van der Waals surface area contributed by atoms with Gasteiger partial charge in [-0.1, -0.05) is 5.22 Å². The molecule has 0 aromatic carbocycles. The number of carbonyl (C=O) groups is 1. The topological polar surface area (TPSA) is 106 Å². The summed E-state index contributed by atoms with van der Waals surface area (Å²) in [6.07, 6.45) is 3.44. The van der Waals surface area contributed by atoms with Crippen LogP contribution in [0.2, 0.25) is 0 Å². The Morgan fingerprint density at radius 3 is 2.59 bits per heavy atom. The van der Waals surface area contributed by atoms with Crippen LogP contribution in [0.5, 0.6) is 0 Å². The Morgan fingerprint density at radius 2 is 2.09 bits per heavy atom. The van der Waals surface area contributed by atoms with Gasteiger partial charge in [-0.15, -0.1) is 0 Å². The second-order valence-electron chi connectivity index (χ2n) is 6.02. The fourth-order valence-electron chi connectivity index (χ4n) is 1.67. The highest BCUT2D eigenvalue weighted by Gasteiger charge is 2.21. The van der Waals surface area contributed by atoms with E-state index in [4.69, 9.17) is 10.6 Å². The summed E-state index contributed by atoms with van der Waals surface area (Å²) < 4.78 is 5.29. The minimum atomic E-state index is -0.524. The van der Waals surface area contributed by atoms with Gasteiger partial charge in [-0.05, 0) is 34.1 Å². The number of hydrogen-bond acceptors (Lipinski definition) is 6. The van der Waals surface area contributed by atoms with Gasteiger partial charge in [0.05, 0.1) is 17.6 Å². The van der Waals surface area contributed by atoms with E-state index < -0.39 is 5.60 Å². The number of hydrogen-bond donors (Lipinski definition) is 1. The number of amides is 1. The maximum atomic E-state index is 11.9. The summed E-state index contributed by atoms with van der Waals surface area (Å²) in [4.78, 5) is 21.9. The Kier molecular flexibility index (Phi) is 6.21. The third kappa shape index (κ3) is 6.02. The van der Waals surface area contributed by atoms with Crippen molar-refractivity contribution < 1.29 is 9.53 Å². The van der Waals surface area contributed by atoms with E-state index in [1.807, 2.05) is 27.7 Å². The van der Waals surface area contributed by atoms with Crippen molar-refractivity contribution in [2.45, 2.75) is 45.8 Å². The molecule has 0 aliphatic carbocycles. The molecule has 0 fully saturated rings. The molecule has 8 heteroatoms. The van der Waals surface area contributed by atoms with Crippen LogP contribution in [-0.2, 0) is 4.74 Å². The van der Waals surface area contributed by atoms with Gasteiger partial charge in [-0.2, -0.15) is 5.11 Å². The predicted molar refractivity (Wildman–Crippen MR) is 82.0 cm³/mol. The highest BCUT2D eigenvalue weighted by molar-refractivity contribution is 5.67. The monoisotopic (exact) mass is 308 g/mol. The number of ether oxygens (including phenoxy) is 1. The Hall–Kier alpha value is -2.25. The number of rotatable bonds is 5. The number of aryl methyl sites for hydroxylation is 1. The first-order valence-corrected chi connectivity index (χ1v) is 7.05.